The highest BCUT2D eigenvalue weighted by atomic mass is 35.5. The van der Waals surface area contributed by atoms with Crippen LogP contribution >= 0.6 is 11.6 Å². The van der Waals surface area contributed by atoms with Gasteiger partial charge in [-0.3, -0.25) is 9.10 Å². The Morgan fingerprint density at radius 2 is 1.81 bits per heavy atom. The molecule has 1 unspecified atom stereocenters. The molecule has 1 aliphatic heterocycles. The van der Waals surface area contributed by atoms with Gasteiger partial charge in [-0.1, -0.05) is 30.7 Å². The summed E-state index contributed by atoms with van der Waals surface area (Å²) in [5.41, 5.74) is 3.30. The van der Waals surface area contributed by atoms with Crippen molar-refractivity contribution in [1.29, 1.82) is 0 Å². The summed E-state index contributed by atoms with van der Waals surface area (Å²) in [6, 6.07) is 12.9. The van der Waals surface area contributed by atoms with Crippen molar-refractivity contribution in [1.82, 2.24) is 5.32 Å². The summed E-state index contributed by atoms with van der Waals surface area (Å²) in [5.74, 6) is 0.412. The van der Waals surface area contributed by atoms with Crippen LogP contribution in [0.25, 0.3) is 0 Å². The predicted molar refractivity (Wildman–Crippen MR) is 132 cm³/mol. The van der Waals surface area contributed by atoms with E-state index in [0.29, 0.717) is 16.3 Å². The van der Waals surface area contributed by atoms with E-state index in [2.05, 4.69) is 29.3 Å². The lowest BCUT2D eigenvalue weighted by molar-refractivity contribution is -0.120. The van der Waals surface area contributed by atoms with Gasteiger partial charge in [0.25, 0.3) is 0 Å². The molecule has 1 N–H and O–H groups in total. The fraction of sp³-hybridized carbons (Fsp3) is 0.458. The number of rotatable bonds is 7. The molecule has 1 fully saturated rings. The van der Waals surface area contributed by atoms with Gasteiger partial charge in [-0.25, -0.2) is 8.42 Å². The van der Waals surface area contributed by atoms with E-state index in [0.717, 1.165) is 35.1 Å². The maximum Gasteiger partial charge on any atom is 0.241 e. The van der Waals surface area contributed by atoms with Crippen molar-refractivity contribution in [2.24, 2.45) is 5.92 Å². The van der Waals surface area contributed by atoms with Crippen molar-refractivity contribution < 1.29 is 13.2 Å². The van der Waals surface area contributed by atoms with E-state index < -0.39 is 10.0 Å². The maximum atomic E-state index is 12.7. The highest BCUT2D eigenvalue weighted by molar-refractivity contribution is 7.92. The number of carbonyl (C=O) groups is 1. The fourth-order valence-electron chi connectivity index (χ4n) is 4.02. The van der Waals surface area contributed by atoms with Gasteiger partial charge in [-0.05, 0) is 74.1 Å². The number of sulfonamides is 1. The first-order chi connectivity index (χ1) is 15.0. The van der Waals surface area contributed by atoms with Gasteiger partial charge < -0.3 is 10.2 Å². The molecule has 0 saturated carbocycles. The third-order valence-corrected chi connectivity index (χ3v) is 7.40. The van der Waals surface area contributed by atoms with Crippen LogP contribution in [-0.4, -0.2) is 40.2 Å². The Hall–Kier alpha value is -2.25. The smallest absolute Gasteiger partial charge is 0.241 e. The number of hydrogen-bond acceptors (Lipinski definition) is 4. The van der Waals surface area contributed by atoms with Crippen LogP contribution in [0.15, 0.2) is 42.5 Å². The highest BCUT2D eigenvalue weighted by Gasteiger charge is 2.23. The molecule has 0 aromatic heterocycles. The lowest BCUT2D eigenvalue weighted by Gasteiger charge is -2.32. The molecule has 1 saturated heterocycles. The van der Waals surface area contributed by atoms with Crippen molar-refractivity contribution in [2.75, 3.05) is 35.1 Å². The molecule has 0 radical (unpaired) electrons. The predicted octanol–water partition coefficient (Wildman–Crippen LogP) is 4.53. The molecule has 1 atom stereocenters. The molecule has 1 aliphatic rings. The first-order valence-electron chi connectivity index (χ1n) is 10.9. The summed E-state index contributed by atoms with van der Waals surface area (Å²) in [4.78, 5) is 15.1. The summed E-state index contributed by atoms with van der Waals surface area (Å²) >= 11 is 6.00. The molecule has 0 bridgehead atoms. The van der Waals surface area contributed by atoms with Crippen LogP contribution in [0.5, 0.6) is 0 Å². The van der Waals surface area contributed by atoms with Gasteiger partial charge in [-0.15, -0.1) is 0 Å². The molecular weight excluding hydrogens is 446 g/mol. The Balaban J connectivity index is 1.66. The van der Waals surface area contributed by atoms with Crippen LogP contribution in [0.4, 0.5) is 11.4 Å². The van der Waals surface area contributed by atoms with Crippen LogP contribution in [0, 0.1) is 12.8 Å². The van der Waals surface area contributed by atoms with Crippen LogP contribution in [0.3, 0.4) is 0 Å². The first kappa shape index (κ1) is 24.4. The Labute approximate surface area is 196 Å². The van der Waals surface area contributed by atoms with E-state index in [4.69, 9.17) is 11.6 Å². The number of nitrogens with one attached hydrogen (secondary N) is 1. The number of carbonyl (C=O) groups excluding carboxylic acids is 1. The van der Waals surface area contributed by atoms with Gasteiger partial charge in [0.05, 0.1) is 18.0 Å². The number of amides is 1. The standard InChI is InChI=1S/C24H32ClN3O3S/c1-17-11-13-27(14-12-17)22-8-5-20(6-9-22)19(3)26-24(29)16-28(32(4,30)31)23-10-7-21(25)15-18(23)2/h5-10,15,17,19H,11-14,16H2,1-4H3,(H,26,29). The monoisotopic (exact) mass is 477 g/mol. The zero-order chi connectivity index (χ0) is 23.5. The number of piperidine rings is 1. The summed E-state index contributed by atoms with van der Waals surface area (Å²) in [7, 11) is -3.65. The van der Waals surface area contributed by atoms with E-state index >= 15 is 0 Å². The zero-order valence-electron chi connectivity index (χ0n) is 19.1. The lowest BCUT2D eigenvalue weighted by atomic mass is 9.98. The quantitative estimate of drug-likeness (QED) is 0.636. The minimum absolute atomic E-state index is 0.245. The molecule has 32 heavy (non-hydrogen) atoms. The Kier molecular flexibility index (Phi) is 7.72. The zero-order valence-corrected chi connectivity index (χ0v) is 20.7. The van der Waals surface area contributed by atoms with Crippen LogP contribution in [0.1, 0.15) is 43.9 Å². The third-order valence-electron chi connectivity index (χ3n) is 6.03. The lowest BCUT2D eigenvalue weighted by Crippen LogP contribution is -2.41. The maximum absolute atomic E-state index is 12.7. The SMILES string of the molecule is Cc1cc(Cl)ccc1N(CC(=O)NC(C)c1ccc(N2CCC(C)CC2)cc1)S(C)(=O)=O. The largest absolute Gasteiger partial charge is 0.372 e. The number of aryl methyl sites for hydroxylation is 1. The van der Waals surface area contributed by atoms with Gasteiger partial charge in [0.15, 0.2) is 0 Å². The fourth-order valence-corrected chi connectivity index (χ4v) is 5.16. The van der Waals surface area contributed by atoms with Crippen molar-refractivity contribution in [3.05, 3.63) is 58.6 Å². The second kappa shape index (κ2) is 10.1. The summed E-state index contributed by atoms with van der Waals surface area (Å²) in [6.07, 6.45) is 3.51. The molecular formula is C24H32ClN3O3S. The molecule has 1 heterocycles. The summed E-state index contributed by atoms with van der Waals surface area (Å²) in [5, 5.41) is 3.43. The van der Waals surface area contributed by atoms with Gasteiger partial charge in [0.2, 0.25) is 15.9 Å². The molecule has 0 spiro atoms. The van der Waals surface area contributed by atoms with Gasteiger partial charge in [0, 0.05) is 23.8 Å². The molecule has 174 valence electrons. The average Bonchev–Trinajstić information content (AvgIpc) is 2.72. The van der Waals surface area contributed by atoms with Crippen molar-refractivity contribution in [3.63, 3.8) is 0 Å². The van der Waals surface area contributed by atoms with Crippen molar-refractivity contribution >= 4 is 38.9 Å². The van der Waals surface area contributed by atoms with Crippen LogP contribution in [0.2, 0.25) is 5.02 Å². The molecule has 3 rings (SSSR count). The average molecular weight is 478 g/mol. The van der Waals surface area contributed by atoms with Gasteiger partial charge in [0.1, 0.15) is 6.54 Å². The number of hydrogen-bond donors (Lipinski definition) is 1. The second-order valence-corrected chi connectivity index (χ2v) is 11.1. The van der Waals surface area contributed by atoms with Crippen molar-refractivity contribution in [2.45, 2.75) is 39.7 Å². The first-order valence-corrected chi connectivity index (χ1v) is 13.2. The van der Waals surface area contributed by atoms with Crippen molar-refractivity contribution in [3.8, 4) is 0 Å². The summed E-state index contributed by atoms with van der Waals surface area (Å²) in [6.45, 7) is 7.80. The Bertz CT molecular complexity index is 1050. The highest BCUT2D eigenvalue weighted by Crippen LogP contribution is 2.26. The van der Waals surface area contributed by atoms with Gasteiger partial charge in [-0.2, -0.15) is 0 Å². The van der Waals surface area contributed by atoms with Crippen LogP contribution in [-0.2, 0) is 14.8 Å². The molecule has 2 aromatic rings. The number of nitrogens with zero attached hydrogens (tertiary/aromatic N) is 2. The minimum Gasteiger partial charge on any atom is -0.372 e. The number of anilines is 2. The minimum atomic E-state index is -3.65. The Morgan fingerprint density at radius 1 is 1.19 bits per heavy atom. The molecule has 8 heteroatoms. The number of benzene rings is 2. The topological polar surface area (TPSA) is 69.7 Å². The van der Waals surface area contributed by atoms with Crippen LogP contribution < -0.4 is 14.5 Å². The molecule has 6 nitrogen and oxygen atoms in total. The second-order valence-electron chi connectivity index (χ2n) is 8.75. The van der Waals surface area contributed by atoms with E-state index in [9.17, 15) is 13.2 Å². The molecule has 2 aromatic carbocycles. The third kappa shape index (κ3) is 6.17. The van der Waals surface area contributed by atoms with E-state index in [1.54, 1.807) is 25.1 Å². The normalized spacial score (nSPS) is 16.0. The van der Waals surface area contributed by atoms with Gasteiger partial charge >= 0.3 is 0 Å². The van der Waals surface area contributed by atoms with E-state index in [1.807, 2.05) is 19.1 Å². The van der Waals surface area contributed by atoms with E-state index in [1.165, 1.54) is 18.5 Å². The molecule has 0 aliphatic carbocycles. The Morgan fingerprint density at radius 3 is 2.38 bits per heavy atom. The summed E-state index contributed by atoms with van der Waals surface area (Å²) < 4.78 is 25.9. The molecule has 1 amide bonds. The number of halogens is 1. The van der Waals surface area contributed by atoms with E-state index in [-0.39, 0.29) is 18.5 Å².